The van der Waals surface area contributed by atoms with Crippen molar-refractivity contribution in [1.29, 1.82) is 0 Å². The zero-order chi connectivity index (χ0) is 23.1. The van der Waals surface area contributed by atoms with Gasteiger partial charge in [-0.2, -0.15) is 13.2 Å². The summed E-state index contributed by atoms with van der Waals surface area (Å²) < 4.78 is 37.8. The number of nitrogens with zero attached hydrogens (tertiary/aromatic N) is 2. The number of hydrogen-bond donors (Lipinski definition) is 1. The van der Waals surface area contributed by atoms with Gasteiger partial charge >= 0.3 is 12.1 Å². The highest BCUT2D eigenvalue weighted by Gasteiger charge is 2.43. The van der Waals surface area contributed by atoms with Crippen molar-refractivity contribution < 1.29 is 32.6 Å². The van der Waals surface area contributed by atoms with Gasteiger partial charge in [-0.15, -0.1) is 0 Å². The number of fused-ring (bicyclic) bond motifs is 1. The molecule has 3 atom stereocenters. The number of rotatable bonds is 4. The molecule has 0 saturated carbocycles. The zero-order valence-corrected chi connectivity index (χ0v) is 18.1. The third kappa shape index (κ3) is 6.68. The molecule has 3 aliphatic rings. The van der Waals surface area contributed by atoms with Crippen LogP contribution >= 0.6 is 0 Å². The molecule has 3 fully saturated rings. The van der Waals surface area contributed by atoms with Crippen molar-refractivity contribution in [3.05, 3.63) is 35.9 Å². The molecule has 1 N–H and O–H groups in total. The Morgan fingerprint density at radius 2 is 1.72 bits per heavy atom. The van der Waals surface area contributed by atoms with Crippen molar-refractivity contribution in [2.45, 2.75) is 44.4 Å². The van der Waals surface area contributed by atoms with E-state index in [2.05, 4.69) is 40.1 Å². The predicted molar refractivity (Wildman–Crippen MR) is 112 cm³/mol. The first-order valence-corrected chi connectivity index (χ1v) is 11.2. The molecule has 0 radical (unpaired) electrons. The second kappa shape index (κ2) is 11.1. The van der Waals surface area contributed by atoms with Crippen molar-refractivity contribution in [3.8, 4) is 0 Å². The molecule has 0 bridgehead atoms. The largest absolute Gasteiger partial charge is 0.490 e. The average molecular weight is 457 g/mol. The van der Waals surface area contributed by atoms with Crippen LogP contribution in [0.25, 0.3) is 0 Å². The molecule has 32 heavy (non-hydrogen) atoms. The Labute approximate surface area is 186 Å². The van der Waals surface area contributed by atoms with Gasteiger partial charge in [0.05, 0.1) is 6.10 Å². The molecule has 9 heteroatoms. The lowest BCUT2D eigenvalue weighted by atomic mass is 9.78. The maximum atomic E-state index is 13.0. The molecule has 0 aliphatic carbocycles. The van der Waals surface area contributed by atoms with E-state index in [1.165, 1.54) is 18.4 Å². The zero-order valence-electron chi connectivity index (χ0n) is 18.1. The number of benzene rings is 1. The molecule has 3 saturated heterocycles. The topological polar surface area (TPSA) is 70.1 Å². The lowest BCUT2D eigenvalue weighted by Gasteiger charge is -2.45. The third-order valence-corrected chi connectivity index (χ3v) is 6.49. The minimum absolute atomic E-state index is 0.177. The summed E-state index contributed by atoms with van der Waals surface area (Å²) >= 11 is 0. The van der Waals surface area contributed by atoms with Gasteiger partial charge in [-0.25, -0.2) is 4.79 Å². The van der Waals surface area contributed by atoms with Gasteiger partial charge in [0.1, 0.15) is 0 Å². The molecule has 3 aliphatic heterocycles. The Hall–Kier alpha value is -2.13. The number of likely N-dealkylation sites (tertiary alicyclic amines) is 2. The van der Waals surface area contributed by atoms with Crippen molar-refractivity contribution in [3.63, 3.8) is 0 Å². The molecule has 0 unspecified atom stereocenters. The number of ether oxygens (including phenoxy) is 1. The number of hydrogen-bond acceptors (Lipinski definition) is 4. The maximum absolute atomic E-state index is 13.0. The Kier molecular flexibility index (Phi) is 8.53. The average Bonchev–Trinajstić information content (AvgIpc) is 3.32. The number of amides is 1. The molecule has 1 amide bonds. The van der Waals surface area contributed by atoms with E-state index in [1.807, 2.05) is 0 Å². The second-order valence-electron chi connectivity index (χ2n) is 8.63. The van der Waals surface area contributed by atoms with E-state index in [9.17, 15) is 18.0 Å². The highest BCUT2D eigenvalue weighted by atomic mass is 19.4. The van der Waals surface area contributed by atoms with Crippen LogP contribution < -0.4 is 0 Å². The number of carbonyl (C=O) groups excluding carboxylic acids is 1. The van der Waals surface area contributed by atoms with Crippen LogP contribution in [0, 0.1) is 11.8 Å². The van der Waals surface area contributed by atoms with E-state index in [0.717, 1.165) is 58.6 Å². The normalized spacial score (nSPS) is 26.1. The van der Waals surface area contributed by atoms with Gasteiger partial charge in [-0.1, -0.05) is 30.3 Å². The summed E-state index contributed by atoms with van der Waals surface area (Å²) in [6.45, 7) is 5.88. The van der Waals surface area contributed by atoms with Crippen molar-refractivity contribution in [1.82, 2.24) is 9.80 Å². The van der Waals surface area contributed by atoms with E-state index >= 15 is 0 Å². The summed E-state index contributed by atoms with van der Waals surface area (Å²) in [6.07, 6.45) is 0.618. The number of carboxylic acids is 1. The molecule has 1 aromatic rings. The number of alkyl halides is 3. The van der Waals surface area contributed by atoms with E-state index in [-0.39, 0.29) is 5.92 Å². The van der Waals surface area contributed by atoms with Gasteiger partial charge in [-0.3, -0.25) is 4.79 Å². The Balaban J connectivity index is 0.000000360. The number of aliphatic carboxylic acids is 1. The van der Waals surface area contributed by atoms with Crippen molar-refractivity contribution >= 4 is 11.9 Å². The first kappa shape index (κ1) is 24.5. The smallest absolute Gasteiger partial charge is 0.475 e. The SMILES string of the molecule is O=C(O)C(F)(F)F.O=C([C@@H]1CCO[C@@H]2CCN(CCc3ccccc3)C[C@@H]21)N1CCCC1. The lowest BCUT2D eigenvalue weighted by molar-refractivity contribution is -0.192. The minimum Gasteiger partial charge on any atom is -0.475 e. The summed E-state index contributed by atoms with van der Waals surface area (Å²) in [4.78, 5) is 26.5. The Morgan fingerprint density at radius 3 is 2.34 bits per heavy atom. The van der Waals surface area contributed by atoms with E-state index in [1.54, 1.807) is 0 Å². The van der Waals surface area contributed by atoms with Crippen molar-refractivity contribution in [2.75, 3.05) is 39.3 Å². The quantitative estimate of drug-likeness (QED) is 0.754. The van der Waals surface area contributed by atoms with E-state index in [0.29, 0.717) is 17.9 Å². The van der Waals surface area contributed by atoms with E-state index in [4.69, 9.17) is 14.6 Å². The molecule has 6 nitrogen and oxygen atoms in total. The van der Waals surface area contributed by atoms with Crippen LogP contribution in [-0.4, -0.2) is 78.4 Å². The first-order chi connectivity index (χ1) is 15.3. The van der Waals surface area contributed by atoms with Gasteiger partial charge in [-0.05, 0) is 37.7 Å². The molecule has 0 spiro atoms. The first-order valence-electron chi connectivity index (χ1n) is 11.2. The highest BCUT2D eigenvalue weighted by Crippen LogP contribution is 2.35. The third-order valence-electron chi connectivity index (χ3n) is 6.49. The molecule has 0 aromatic heterocycles. The number of carbonyl (C=O) groups is 2. The summed E-state index contributed by atoms with van der Waals surface area (Å²) in [6, 6.07) is 10.7. The minimum atomic E-state index is -5.08. The fourth-order valence-electron chi connectivity index (χ4n) is 4.80. The molecule has 4 rings (SSSR count). The van der Waals surface area contributed by atoms with Gasteiger partial charge < -0.3 is 19.6 Å². The standard InChI is InChI=1S/C21H30N2O2.C2HF3O2/c24-21(23-11-4-5-12-23)18-10-15-25-20-9-14-22(16-19(18)20)13-8-17-6-2-1-3-7-17;3-2(4,5)1(6)7/h1-3,6-7,18-20H,4-5,8-16H2;(H,6,7)/t18-,19-,20-;/m1./s1. The van der Waals surface area contributed by atoms with Gasteiger partial charge in [0.15, 0.2) is 0 Å². The predicted octanol–water partition coefficient (Wildman–Crippen LogP) is 3.21. The lowest BCUT2D eigenvalue weighted by Crippen LogP contribution is -2.53. The number of carboxylic acid groups (broad SMARTS) is 1. The van der Waals surface area contributed by atoms with E-state index < -0.39 is 12.1 Å². The van der Waals surface area contributed by atoms with Crippen LogP contribution in [0.1, 0.15) is 31.2 Å². The molecule has 3 heterocycles. The summed E-state index contributed by atoms with van der Waals surface area (Å²) in [5.74, 6) is -1.80. The van der Waals surface area contributed by atoms with Crippen LogP contribution in [0.5, 0.6) is 0 Å². The molecule has 1 aromatic carbocycles. The fraction of sp³-hybridized carbons (Fsp3) is 0.652. The van der Waals surface area contributed by atoms with Gasteiger partial charge in [0, 0.05) is 51.2 Å². The molecule has 178 valence electrons. The number of halogens is 3. The summed E-state index contributed by atoms with van der Waals surface area (Å²) in [5, 5.41) is 7.12. The maximum Gasteiger partial charge on any atom is 0.490 e. The van der Waals surface area contributed by atoms with Crippen LogP contribution in [0.4, 0.5) is 13.2 Å². The van der Waals surface area contributed by atoms with Crippen LogP contribution in [-0.2, 0) is 20.7 Å². The van der Waals surface area contributed by atoms with Crippen molar-refractivity contribution in [2.24, 2.45) is 11.8 Å². The fourth-order valence-corrected chi connectivity index (χ4v) is 4.80. The molecular weight excluding hydrogens is 425 g/mol. The Bertz CT molecular complexity index is 753. The van der Waals surface area contributed by atoms with Gasteiger partial charge in [0.25, 0.3) is 0 Å². The molecular formula is C23H31F3N2O4. The van der Waals surface area contributed by atoms with Crippen LogP contribution in [0.3, 0.4) is 0 Å². The summed E-state index contributed by atoms with van der Waals surface area (Å²) in [7, 11) is 0. The van der Waals surface area contributed by atoms with Crippen LogP contribution in [0.2, 0.25) is 0 Å². The number of piperidine rings is 1. The Morgan fingerprint density at radius 1 is 1.06 bits per heavy atom. The summed E-state index contributed by atoms with van der Waals surface area (Å²) in [5.41, 5.74) is 1.40. The monoisotopic (exact) mass is 456 g/mol. The van der Waals surface area contributed by atoms with Gasteiger partial charge in [0.2, 0.25) is 5.91 Å². The second-order valence-corrected chi connectivity index (χ2v) is 8.63. The highest BCUT2D eigenvalue weighted by molar-refractivity contribution is 5.79. The van der Waals surface area contributed by atoms with Crippen LogP contribution in [0.15, 0.2) is 30.3 Å².